The Bertz CT molecular complexity index is 246. The molecule has 3 nitrogen and oxygen atoms in total. The summed E-state index contributed by atoms with van der Waals surface area (Å²) in [7, 11) is 0. The van der Waals surface area contributed by atoms with E-state index >= 15 is 0 Å². The second kappa shape index (κ2) is 6.23. The third kappa shape index (κ3) is 11.5. The molecular weight excluding hydrogens is 233 g/mol. The smallest absolute Gasteiger partial charge is 0.356 e. The molecule has 0 aliphatic carbocycles. The van der Waals surface area contributed by atoms with Crippen LogP contribution in [-0.4, -0.2) is 24.7 Å². The van der Waals surface area contributed by atoms with E-state index in [2.05, 4.69) is 5.32 Å². The zero-order valence-corrected chi connectivity index (χ0v) is 10.5. The van der Waals surface area contributed by atoms with Crippen LogP contribution >= 0.6 is 0 Å². The summed E-state index contributed by atoms with van der Waals surface area (Å²) in [6.45, 7) is 5.60. The van der Waals surface area contributed by atoms with Crippen molar-refractivity contribution in [2.45, 2.75) is 52.3 Å². The Morgan fingerprint density at radius 1 is 1.29 bits per heavy atom. The first-order valence-corrected chi connectivity index (χ1v) is 5.59. The van der Waals surface area contributed by atoms with Gasteiger partial charge in [-0.15, -0.1) is 0 Å². The SMILES string of the molecule is CC(C)(C)CC(N)CC(=O)NCCC(F)(F)F. The van der Waals surface area contributed by atoms with E-state index in [0.29, 0.717) is 6.42 Å². The number of rotatable bonds is 5. The maximum absolute atomic E-state index is 11.8. The number of carbonyl (C=O) groups is 1. The van der Waals surface area contributed by atoms with Crippen molar-refractivity contribution in [1.82, 2.24) is 5.32 Å². The second-order valence-corrected chi connectivity index (χ2v) is 5.44. The Morgan fingerprint density at radius 2 is 1.82 bits per heavy atom. The van der Waals surface area contributed by atoms with Gasteiger partial charge in [-0.3, -0.25) is 4.79 Å². The molecule has 0 saturated carbocycles. The van der Waals surface area contributed by atoms with Crippen molar-refractivity contribution >= 4 is 5.91 Å². The number of amides is 1. The molecule has 102 valence electrons. The summed E-state index contributed by atoms with van der Waals surface area (Å²) in [5, 5.41) is 2.22. The topological polar surface area (TPSA) is 55.1 Å². The second-order valence-electron chi connectivity index (χ2n) is 5.44. The average Bonchev–Trinajstić information content (AvgIpc) is 1.96. The van der Waals surface area contributed by atoms with Crippen LogP contribution in [0.4, 0.5) is 13.2 Å². The molecule has 0 aliphatic rings. The first kappa shape index (κ1) is 16.2. The van der Waals surface area contributed by atoms with Gasteiger partial charge in [-0.1, -0.05) is 20.8 Å². The third-order valence-corrected chi connectivity index (χ3v) is 2.05. The molecule has 0 rings (SSSR count). The van der Waals surface area contributed by atoms with Crippen molar-refractivity contribution in [3.63, 3.8) is 0 Å². The number of alkyl halides is 3. The maximum Gasteiger partial charge on any atom is 0.390 e. The van der Waals surface area contributed by atoms with Gasteiger partial charge in [0, 0.05) is 19.0 Å². The van der Waals surface area contributed by atoms with Crippen LogP contribution in [-0.2, 0) is 4.79 Å². The number of halogens is 3. The fourth-order valence-corrected chi connectivity index (χ4v) is 1.51. The fraction of sp³-hybridized carbons (Fsp3) is 0.909. The minimum atomic E-state index is -4.24. The van der Waals surface area contributed by atoms with Crippen LogP contribution in [0.2, 0.25) is 0 Å². The Kier molecular flexibility index (Phi) is 5.95. The first-order chi connectivity index (χ1) is 7.49. The van der Waals surface area contributed by atoms with Crippen LogP contribution < -0.4 is 11.1 Å². The lowest BCUT2D eigenvalue weighted by atomic mass is 9.87. The molecule has 0 saturated heterocycles. The van der Waals surface area contributed by atoms with E-state index in [1.165, 1.54) is 0 Å². The van der Waals surface area contributed by atoms with Crippen molar-refractivity contribution in [3.8, 4) is 0 Å². The molecule has 0 fully saturated rings. The van der Waals surface area contributed by atoms with E-state index in [0.717, 1.165) is 0 Å². The lowest BCUT2D eigenvalue weighted by Gasteiger charge is -2.22. The molecule has 0 aromatic heterocycles. The highest BCUT2D eigenvalue weighted by molar-refractivity contribution is 5.76. The van der Waals surface area contributed by atoms with Crippen molar-refractivity contribution in [2.75, 3.05) is 6.54 Å². The highest BCUT2D eigenvalue weighted by atomic mass is 19.4. The largest absolute Gasteiger partial charge is 0.390 e. The molecule has 0 aliphatic heterocycles. The van der Waals surface area contributed by atoms with E-state index in [9.17, 15) is 18.0 Å². The van der Waals surface area contributed by atoms with Crippen LogP contribution in [0.25, 0.3) is 0 Å². The zero-order valence-electron chi connectivity index (χ0n) is 10.5. The summed E-state index contributed by atoms with van der Waals surface area (Å²) in [6, 6.07) is -0.319. The number of nitrogens with two attached hydrogens (primary N) is 1. The minimum Gasteiger partial charge on any atom is -0.356 e. The normalized spacial score (nSPS) is 14.5. The monoisotopic (exact) mass is 254 g/mol. The zero-order chi connectivity index (χ0) is 13.7. The van der Waals surface area contributed by atoms with Gasteiger partial charge in [0.05, 0.1) is 6.42 Å². The number of hydrogen-bond acceptors (Lipinski definition) is 2. The molecule has 1 unspecified atom stereocenters. The van der Waals surface area contributed by atoms with E-state index in [1.807, 2.05) is 20.8 Å². The van der Waals surface area contributed by atoms with Crippen molar-refractivity contribution in [2.24, 2.45) is 11.1 Å². The van der Waals surface area contributed by atoms with Gasteiger partial charge in [-0.2, -0.15) is 13.2 Å². The van der Waals surface area contributed by atoms with Gasteiger partial charge in [0.1, 0.15) is 0 Å². The van der Waals surface area contributed by atoms with Crippen molar-refractivity contribution in [1.29, 1.82) is 0 Å². The van der Waals surface area contributed by atoms with Crippen LogP contribution in [0, 0.1) is 5.41 Å². The summed E-state index contributed by atoms with van der Waals surface area (Å²) >= 11 is 0. The molecular formula is C11H21F3N2O. The molecule has 0 heterocycles. The number of hydrogen-bond donors (Lipinski definition) is 2. The standard InChI is InChI=1S/C11H21F3N2O/c1-10(2,3)7-8(15)6-9(17)16-5-4-11(12,13)14/h8H,4-7,15H2,1-3H3,(H,16,17). The summed E-state index contributed by atoms with van der Waals surface area (Å²) in [5.41, 5.74) is 5.74. The van der Waals surface area contributed by atoms with Gasteiger partial charge in [0.2, 0.25) is 5.91 Å². The molecule has 0 radical (unpaired) electrons. The molecule has 0 spiro atoms. The lowest BCUT2D eigenvalue weighted by molar-refractivity contribution is -0.135. The fourth-order valence-electron chi connectivity index (χ4n) is 1.51. The van der Waals surface area contributed by atoms with Crippen molar-refractivity contribution in [3.05, 3.63) is 0 Å². The number of carbonyl (C=O) groups excluding carboxylic acids is 1. The summed E-state index contributed by atoms with van der Waals surface area (Å²) in [4.78, 5) is 11.3. The van der Waals surface area contributed by atoms with Crippen LogP contribution in [0.3, 0.4) is 0 Å². The lowest BCUT2D eigenvalue weighted by Crippen LogP contribution is -2.35. The van der Waals surface area contributed by atoms with Gasteiger partial charge in [-0.25, -0.2) is 0 Å². The van der Waals surface area contributed by atoms with E-state index in [-0.39, 0.29) is 24.4 Å². The van der Waals surface area contributed by atoms with E-state index < -0.39 is 18.5 Å². The maximum atomic E-state index is 11.8. The highest BCUT2D eigenvalue weighted by Gasteiger charge is 2.26. The molecule has 3 N–H and O–H groups in total. The molecule has 17 heavy (non-hydrogen) atoms. The molecule has 1 amide bonds. The highest BCUT2D eigenvalue weighted by Crippen LogP contribution is 2.21. The third-order valence-electron chi connectivity index (χ3n) is 2.05. The molecule has 0 aromatic rings. The van der Waals surface area contributed by atoms with E-state index in [4.69, 9.17) is 5.73 Å². The predicted octanol–water partition coefficient (Wildman–Crippen LogP) is 2.21. The van der Waals surface area contributed by atoms with Gasteiger partial charge >= 0.3 is 6.18 Å². The van der Waals surface area contributed by atoms with Gasteiger partial charge in [0.25, 0.3) is 0 Å². The van der Waals surface area contributed by atoms with E-state index in [1.54, 1.807) is 0 Å². The summed E-state index contributed by atoms with van der Waals surface area (Å²) < 4.78 is 35.4. The van der Waals surface area contributed by atoms with Gasteiger partial charge < -0.3 is 11.1 Å². The van der Waals surface area contributed by atoms with Crippen molar-refractivity contribution < 1.29 is 18.0 Å². The van der Waals surface area contributed by atoms with Gasteiger partial charge in [-0.05, 0) is 11.8 Å². The Morgan fingerprint density at radius 3 is 2.24 bits per heavy atom. The van der Waals surface area contributed by atoms with Crippen LogP contribution in [0.15, 0.2) is 0 Å². The Balaban J connectivity index is 3.80. The summed E-state index contributed by atoms with van der Waals surface area (Å²) in [6.07, 6.45) is -4.52. The number of nitrogens with one attached hydrogen (secondary N) is 1. The van der Waals surface area contributed by atoms with Crippen LogP contribution in [0.1, 0.15) is 40.0 Å². The molecule has 6 heteroatoms. The minimum absolute atomic E-state index is 0.00562. The average molecular weight is 254 g/mol. The Hall–Kier alpha value is -0.780. The first-order valence-electron chi connectivity index (χ1n) is 5.59. The van der Waals surface area contributed by atoms with Crippen LogP contribution in [0.5, 0.6) is 0 Å². The molecule has 0 aromatic carbocycles. The quantitative estimate of drug-likeness (QED) is 0.790. The molecule has 0 bridgehead atoms. The predicted molar refractivity (Wildman–Crippen MR) is 60.3 cm³/mol. The molecule has 1 atom stereocenters. The summed E-state index contributed by atoms with van der Waals surface area (Å²) in [5.74, 6) is -0.425. The Labute approximate surface area is 99.9 Å². The van der Waals surface area contributed by atoms with Gasteiger partial charge in [0.15, 0.2) is 0 Å².